The molecule has 34 heavy (non-hydrogen) atoms. The van der Waals surface area contributed by atoms with Gasteiger partial charge in [0.15, 0.2) is 0 Å². The quantitative estimate of drug-likeness (QED) is 0.632. The monoisotopic (exact) mass is 481 g/mol. The molecule has 0 unspecified atom stereocenters. The third kappa shape index (κ3) is 4.90. The van der Waals surface area contributed by atoms with E-state index in [9.17, 15) is 27.6 Å². The zero-order chi connectivity index (χ0) is 24.5. The summed E-state index contributed by atoms with van der Waals surface area (Å²) >= 11 is 0. The van der Waals surface area contributed by atoms with Crippen LogP contribution in [-0.4, -0.2) is 77.5 Å². The standard InChI is InChI=1S/C23H30F3N5O3/c1-16-6-4-5-9-22(16)20(33)31(21(34)28-22)15-30-12-10-29(11-13-30)14-19(32)27-18-8-3-2-7-17(18)23(24,25)26/h2-3,7-8,16H,4-6,9-15H2,1H3,(H,27,32)(H,28,34)/t16-,22+/m0/s1. The Hall–Kier alpha value is -2.66. The van der Waals surface area contributed by atoms with Gasteiger partial charge in [0.05, 0.1) is 24.5 Å². The van der Waals surface area contributed by atoms with Crippen molar-refractivity contribution >= 4 is 23.5 Å². The number of piperazine rings is 1. The Labute approximate surface area is 196 Å². The number of nitrogens with zero attached hydrogens (tertiary/aromatic N) is 3. The minimum Gasteiger partial charge on any atom is -0.324 e. The number of hydrogen-bond donors (Lipinski definition) is 2. The summed E-state index contributed by atoms with van der Waals surface area (Å²) in [6.07, 6.45) is -1.01. The number of halogens is 3. The van der Waals surface area contributed by atoms with Gasteiger partial charge in [-0.25, -0.2) is 9.69 Å². The van der Waals surface area contributed by atoms with Crippen LogP contribution < -0.4 is 10.6 Å². The summed E-state index contributed by atoms with van der Waals surface area (Å²) in [4.78, 5) is 43.2. The maximum atomic E-state index is 13.1. The molecule has 3 aliphatic rings. The van der Waals surface area contributed by atoms with Crippen molar-refractivity contribution in [2.45, 2.75) is 44.3 Å². The van der Waals surface area contributed by atoms with E-state index in [0.29, 0.717) is 32.6 Å². The van der Waals surface area contributed by atoms with Crippen LogP contribution in [0.15, 0.2) is 24.3 Å². The summed E-state index contributed by atoms with van der Waals surface area (Å²) in [5.74, 6) is -0.581. The summed E-state index contributed by atoms with van der Waals surface area (Å²) in [6.45, 7) is 4.23. The second kappa shape index (κ2) is 9.53. The fourth-order valence-corrected chi connectivity index (χ4v) is 5.14. The lowest BCUT2D eigenvalue weighted by Gasteiger charge is -2.38. The van der Waals surface area contributed by atoms with Gasteiger partial charge in [0.2, 0.25) is 5.91 Å². The second-order valence-corrected chi connectivity index (χ2v) is 9.41. The molecule has 4 rings (SSSR count). The molecular weight excluding hydrogens is 451 g/mol. The van der Waals surface area contributed by atoms with Crippen molar-refractivity contribution in [3.63, 3.8) is 0 Å². The summed E-state index contributed by atoms with van der Waals surface area (Å²) < 4.78 is 39.4. The lowest BCUT2D eigenvalue weighted by molar-refractivity contribution is -0.137. The number of nitrogens with one attached hydrogen (secondary N) is 2. The molecule has 2 atom stereocenters. The second-order valence-electron chi connectivity index (χ2n) is 9.41. The Morgan fingerprint density at radius 2 is 1.79 bits per heavy atom. The Bertz CT molecular complexity index is 948. The average molecular weight is 482 g/mol. The lowest BCUT2D eigenvalue weighted by atomic mass is 9.73. The predicted octanol–water partition coefficient (Wildman–Crippen LogP) is 2.72. The summed E-state index contributed by atoms with van der Waals surface area (Å²) in [6, 6.07) is 4.53. The van der Waals surface area contributed by atoms with E-state index in [1.807, 2.05) is 16.7 Å². The van der Waals surface area contributed by atoms with Crippen LogP contribution in [-0.2, 0) is 15.8 Å². The molecule has 2 N–H and O–H groups in total. The third-order valence-corrected chi connectivity index (χ3v) is 7.18. The van der Waals surface area contributed by atoms with Crippen molar-refractivity contribution in [1.29, 1.82) is 0 Å². The first-order chi connectivity index (χ1) is 16.1. The van der Waals surface area contributed by atoms with Crippen molar-refractivity contribution < 1.29 is 27.6 Å². The molecule has 4 amide bonds. The SMILES string of the molecule is C[C@H]1CCCC[C@@]12NC(=O)N(CN1CCN(CC(=O)Nc3ccccc3C(F)(F)F)CC1)C2=O. The maximum Gasteiger partial charge on any atom is 0.418 e. The van der Waals surface area contributed by atoms with Crippen molar-refractivity contribution in [1.82, 2.24) is 20.0 Å². The van der Waals surface area contributed by atoms with E-state index in [1.165, 1.54) is 23.1 Å². The Morgan fingerprint density at radius 3 is 2.47 bits per heavy atom. The van der Waals surface area contributed by atoms with Crippen LogP contribution in [0.3, 0.4) is 0 Å². The zero-order valence-corrected chi connectivity index (χ0v) is 19.2. The number of amides is 4. The zero-order valence-electron chi connectivity index (χ0n) is 19.2. The van der Waals surface area contributed by atoms with Gasteiger partial charge >= 0.3 is 12.2 Å². The minimum atomic E-state index is -4.55. The number of urea groups is 1. The first-order valence-electron chi connectivity index (χ1n) is 11.6. The fraction of sp³-hybridized carbons (Fsp3) is 0.609. The number of hydrogen-bond acceptors (Lipinski definition) is 5. The first-order valence-corrected chi connectivity index (χ1v) is 11.6. The van der Waals surface area contributed by atoms with Gasteiger partial charge in [-0.3, -0.25) is 19.4 Å². The number of imide groups is 1. The normalized spacial score (nSPS) is 26.7. The summed E-state index contributed by atoms with van der Waals surface area (Å²) in [5.41, 5.74) is -1.93. The van der Waals surface area contributed by atoms with Crippen LogP contribution in [0.2, 0.25) is 0 Å². The average Bonchev–Trinajstić information content (AvgIpc) is 3.01. The number of anilines is 1. The smallest absolute Gasteiger partial charge is 0.324 e. The van der Waals surface area contributed by atoms with E-state index in [2.05, 4.69) is 10.6 Å². The number of para-hydroxylation sites is 1. The van der Waals surface area contributed by atoms with E-state index in [-0.39, 0.29) is 36.8 Å². The van der Waals surface area contributed by atoms with Crippen LogP contribution in [0.5, 0.6) is 0 Å². The minimum absolute atomic E-state index is 0.0379. The fourth-order valence-electron chi connectivity index (χ4n) is 5.14. The van der Waals surface area contributed by atoms with Crippen molar-refractivity contribution in [2.24, 2.45) is 5.92 Å². The molecule has 2 aliphatic heterocycles. The van der Waals surface area contributed by atoms with Gasteiger partial charge in [-0.05, 0) is 30.9 Å². The number of benzene rings is 1. The predicted molar refractivity (Wildman–Crippen MR) is 119 cm³/mol. The highest BCUT2D eigenvalue weighted by molar-refractivity contribution is 6.07. The van der Waals surface area contributed by atoms with E-state index in [0.717, 1.165) is 25.3 Å². The van der Waals surface area contributed by atoms with Crippen molar-refractivity contribution in [3.05, 3.63) is 29.8 Å². The number of alkyl halides is 3. The number of carbonyl (C=O) groups is 3. The highest BCUT2D eigenvalue weighted by Crippen LogP contribution is 2.38. The first kappa shape index (κ1) is 24.5. The van der Waals surface area contributed by atoms with Gasteiger partial charge in [-0.1, -0.05) is 31.9 Å². The van der Waals surface area contributed by atoms with E-state index >= 15 is 0 Å². The molecule has 1 spiro atoms. The van der Waals surface area contributed by atoms with Gasteiger partial charge in [-0.2, -0.15) is 13.2 Å². The third-order valence-electron chi connectivity index (χ3n) is 7.18. The molecule has 1 aliphatic carbocycles. The molecule has 1 aromatic rings. The van der Waals surface area contributed by atoms with Gasteiger partial charge in [-0.15, -0.1) is 0 Å². The van der Waals surface area contributed by atoms with Gasteiger partial charge in [0.25, 0.3) is 5.91 Å². The van der Waals surface area contributed by atoms with Crippen molar-refractivity contribution in [2.75, 3.05) is 44.7 Å². The lowest BCUT2D eigenvalue weighted by Crippen LogP contribution is -2.55. The van der Waals surface area contributed by atoms with Gasteiger partial charge in [0.1, 0.15) is 5.54 Å². The highest BCUT2D eigenvalue weighted by Gasteiger charge is 2.55. The van der Waals surface area contributed by atoms with Crippen LogP contribution in [0, 0.1) is 5.92 Å². The molecule has 2 saturated heterocycles. The van der Waals surface area contributed by atoms with Crippen molar-refractivity contribution in [3.8, 4) is 0 Å². The molecule has 0 bridgehead atoms. The van der Waals surface area contributed by atoms with Crippen LogP contribution in [0.25, 0.3) is 0 Å². The molecular formula is C23H30F3N5O3. The van der Waals surface area contributed by atoms with Gasteiger partial charge < -0.3 is 10.6 Å². The summed E-state index contributed by atoms with van der Waals surface area (Å²) in [7, 11) is 0. The van der Waals surface area contributed by atoms with E-state index < -0.39 is 23.2 Å². The number of carbonyl (C=O) groups excluding carboxylic acids is 3. The van der Waals surface area contributed by atoms with Crippen LogP contribution >= 0.6 is 0 Å². The molecule has 3 fully saturated rings. The molecule has 186 valence electrons. The maximum absolute atomic E-state index is 13.1. The topological polar surface area (TPSA) is 85.0 Å². The Morgan fingerprint density at radius 1 is 1.12 bits per heavy atom. The molecule has 8 nitrogen and oxygen atoms in total. The molecule has 0 radical (unpaired) electrons. The molecule has 1 aromatic carbocycles. The molecule has 2 heterocycles. The Kier molecular flexibility index (Phi) is 6.86. The molecule has 0 aromatic heterocycles. The van der Waals surface area contributed by atoms with Gasteiger partial charge in [0, 0.05) is 26.2 Å². The van der Waals surface area contributed by atoms with Crippen LogP contribution in [0.1, 0.15) is 38.2 Å². The highest BCUT2D eigenvalue weighted by atomic mass is 19.4. The van der Waals surface area contributed by atoms with Crippen LogP contribution in [0.4, 0.5) is 23.7 Å². The van der Waals surface area contributed by atoms with E-state index in [4.69, 9.17) is 0 Å². The Balaban J connectivity index is 1.28. The van der Waals surface area contributed by atoms with E-state index in [1.54, 1.807) is 0 Å². The largest absolute Gasteiger partial charge is 0.418 e. The molecule has 11 heteroatoms. The number of rotatable bonds is 5. The molecule has 1 saturated carbocycles. The summed E-state index contributed by atoms with van der Waals surface area (Å²) in [5, 5.41) is 5.31.